The summed E-state index contributed by atoms with van der Waals surface area (Å²) in [6.07, 6.45) is 1.71. The monoisotopic (exact) mass is 344 g/mol. The number of benzene rings is 1. The Hall–Kier alpha value is -0.520. The topological polar surface area (TPSA) is 55.1 Å². The predicted molar refractivity (Wildman–Crippen MR) is 85.4 cm³/mol. The van der Waals surface area contributed by atoms with Gasteiger partial charge in [-0.15, -0.1) is 11.8 Å². The lowest BCUT2D eigenvalue weighted by molar-refractivity contribution is -0.123. The molecule has 0 aliphatic heterocycles. The fraction of sp³-hybridized carbons (Fsp3) is 0.500. The second-order valence-electron chi connectivity index (χ2n) is 4.68. The quantitative estimate of drug-likeness (QED) is 0.712. The van der Waals surface area contributed by atoms with Gasteiger partial charge >= 0.3 is 0 Å². The molecule has 1 amide bonds. The van der Waals surface area contributed by atoms with Crippen LogP contribution in [0, 0.1) is 0 Å². The number of carbonyl (C=O) groups excluding carboxylic acids is 1. The molecular weight excluding hydrogens is 324 g/mol. The summed E-state index contributed by atoms with van der Waals surface area (Å²) in [5.41, 5.74) is 4.88. The maximum absolute atomic E-state index is 11.6. The van der Waals surface area contributed by atoms with Crippen LogP contribution in [0.25, 0.3) is 0 Å². The van der Waals surface area contributed by atoms with E-state index in [1.165, 1.54) is 4.90 Å². The lowest BCUT2D eigenvalue weighted by Gasteiger charge is -2.27. The van der Waals surface area contributed by atoms with E-state index in [-0.39, 0.29) is 5.91 Å². The van der Waals surface area contributed by atoms with Crippen molar-refractivity contribution in [2.75, 3.05) is 12.3 Å². The predicted octanol–water partition coefficient (Wildman–Crippen LogP) is 3.17. The molecule has 0 heterocycles. The van der Waals surface area contributed by atoms with Crippen LogP contribution in [-0.4, -0.2) is 23.7 Å². The van der Waals surface area contributed by atoms with E-state index in [9.17, 15) is 4.79 Å². The molecular formula is C14H21BrN2OS. The molecule has 0 bridgehead atoms. The number of thioether (sulfide) groups is 1. The second kappa shape index (κ2) is 7.92. The molecule has 19 heavy (non-hydrogen) atoms. The first kappa shape index (κ1) is 16.5. The van der Waals surface area contributed by atoms with Gasteiger partial charge in [-0.25, -0.2) is 0 Å². The highest BCUT2D eigenvalue weighted by molar-refractivity contribution is 9.10. The van der Waals surface area contributed by atoms with Crippen LogP contribution in [0.2, 0.25) is 0 Å². The smallest absolute Gasteiger partial charge is 0.237 e. The summed E-state index contributed by atoms with van der Waals surface area (Å²) in [5, 5.41) is 3.25. The van der Waals surface area contributed by atoms with Crippen molar-refractivity contribution < 1.29 is 4.79 Å². The van der Waals surface area contributed by atoms with E-state index in [4.69, 9.17) is 5.73 Å². The van der Waals surface area contributed by atoms with Crippen LogP contribution in [-0.2, 0) is 4.79 Å². The molecule has 106 valence electrons. The first-order valence-corrected chi connectivity index (χ1v) is 8.19. The highest BCUT2D eigenvalue weighted by atomic mass is 79.9. The molecule has 1 unspecified atom stereocenters. The van der Waals surface area contributed by atoms with E-state index >= 15 is 0 Å². The minimum absolute atomic E-state index is 0.282. The number of amides is 1. The molecule has 1 aromatic carbocycles. The maximum atomic E-state index is 11.6. The van der Waals surface area contributed by atoms with Gasteiger partial charge in [0.1, 0.15) is 0 Å². The largest absolute Gasteiger partial charge is 0.368 e. The zero-order chi connectivity index (χ0) is 14.3. The molecule has 0 aliphatic carbocycles. The van der Waals surface area contributed by atoms with E-state index < -0.39 is 5.54 Å². The lowest BCUT2D eigenvalue weighted by atomic mass is 9.98. The van der Waals surface area contributed by atoms with Crippen molar-refractivity contribution in [2.45, 2.75) is 37.1 Å². The Labute approximate surface area is 127 Å². The Morgan fingerprint density at radius 2 is 2.26 bits per heavy atom. The number of primary amides is 1. The number of halogens is 1. The molecule has 0 spiro atoms. The van der Waals surface area contributed by atoms with E-state index in [1.54, 1.807) is 11.8 Å². The molecule has 3 nitrogen and oxygen atoms in total. The zero-order valence-corrected chi connectivity index (χ0v) is 13.8. The number of nitrogens with two attached hydrogens (primary N) is 1. The minimum Gasteiger partial charge on any atom is -0.368 e. The SMILES string of the molecule is CCCNC(C)(CCSc1cccc(Br)c1)C(N)=O. The molecule has 1 rings (SSSR count). The Balaban J connectivity index is 2.50. The third-order valence-electron chi connectivity index (χ3n) is 2.98. The van der Waals surface area contributed by atoms with Crippen LogP contribution in [0.15, 0.2) is 33.6 Å². The molecule has 0 aromatic heterocycles. The van der Waals surface area contributed by atoms with Crippen LogP contribution in [0.1, 0.15) is 26.7 Å². The van der Waals surface area contributed by atoms with Gasteiger partial charge in [0, 0.05) is 15.1 Å². The van der Waals surface area contributed by atoms with Gasteiger partial charge in [0.15, 0.2) is 0 Å². The van der Waals surface area contributed by atoms with Gasteiger partial charge in [0.05, 0.1) is 5.54 Å². The van der Waals surface area contributed by atoms with Gasteiger partial charge in [-0.3, -0.25) is 4.79 Å². The Morgan fingerprint density at radius 1 is 1.53 bits per heavy atom. The fourth-order valence-corrected chi connectivity index (χ4v) is 3.31. The van der Waals surface area contributed by atoms with Crippen molar-refractivity contribution in [2.24, 2.45) is 5.73 Å². The van der Waals surface area contributed by atoms with E-state index in [0.29, 0.717) is 0 Å². The zero-order valence-electron chi connectivity index (χ0n) is 11.4. The molecule has 0 radical (unpaired) electrons. The van der Waals surface area contributed by atoms with Crippen molar-refractivity contribution in [3.05, 3.63) is 28.7 Å². The average Bonchev–Trinajstić information content (AvgIpc) is 2.36. The van der Waals surface area contributed by atoms with E-state index in [0.717, 1.165) is 29.6 Å². The standard InChI is InChI=1S/C14H21BrN2OS/c1-3-8-17-14(2,13(16)18)7-9-19-12-6-4-5-11(15)10-12/h4-6,10,17H,3,7-9H2,1-2H3,(H2,16,18). The summed E-state index contributed by atoms with van der Waals surface area (Å²) in [6, 6.07) is 8.15. The summed E-state index contributed by atoms with van der Waals surface area (Å²) in [5.74, 6) is 0.572. The van der Waals surface area contributed by atoms with E-state index in [1.807, 2.05) is 19.1 Å². The Kier molecular flexibility index (Phi) is 6.89. The Morgan fingerprint density at radius 3 is 2.84 bits per heavy atom. The van der Waals surface area contributed by atoms with Gasteiger partial charge in [0.25, 0.3) is 0 Å². The van der Waals surface area contributed by atoms with Gasteiger partial charge in [0.2, 0.25) is 5.91 Å². The van der Waals surface area contributed by atoms with Crippen LogP contribution in [0.4, 0.5) is 0 Å². The molecule has 0 saturated carbocycles. The van der Waals surface area contributed by atoms with Crippen LogP contribution in [0.5, 0.6) is 0 Å². The maximum Gasteiger partial charge on any atom is 0.237 e. The molecule has 0 saturated heterocycles. The summed E-state index contributed by atoms with van der Waals surface area (Å²) in [7, 11) is 0. The van der Waals surface area contributed by atoms with Crippen LogP contribution in [0.3, 0.4) is 0 Å². The van der Waals surface area contributed by atoms with Gasteiger partial charge < -0.3 is 11.1 Å². The van der Waals surface area contributed by atoms with Crippen molar-refractivity contribution in [3.8, 4) is 0 Å². The van der Waals surface area contributed by atoms with Gasteiger partial charge in [-0.1, -0.05) is 28.9 Å². The third-order valence-corrected chi connectivity index (χ3v) is 4.46. The third kappa shape index (κ3) is 5.55. The first-order chi connectivity index (χ1) is 8.98. The number of hydrogen-bond acceptors (Lipinski definition) is 3. The fourth-order valence-electron chi connectivity index (χ4n) is 1.63. The molecule has 1 atom stereocenters. The Bertz CT molecular complexity index is 428. The summed E-state index contributed by atoms with van der Waals surface area (Å²) < 4.78 is 1.07. The summed E-state index contributed by atoms with van der Waals surface area (Å²) in [6.45, 7) is 4.76. The average molecular weight is 345 g/mol. The number of hydrogen-bond donors (Lipinski definition) is 2. The lowest BCUT2D eigenvalue weighted by Crippen LogP contribution is -2.53. The van der Waals surface area contributed by atoms with Crippen molar-refractivity contribution >= 4 is 33.6 Å². The van der Waals surface area contributed by atoms with Gasteiger partial charge in [-0.05, 0) is 44.5 Å². The number of carbonyl (C=O) groups is 1. The number of rotatable bonds is 8. The van der Waals surface area contributed by atoms with E-state index in [2.05, 4.69) is 40.3 Å². The molecule has 5 heteroatoms. The highest BCUT2D eigenvalue weighted by Crippen LogP contribution is 2.24. The molecule has 0 aliphatic rings. The normalized spacial score (nSPS) is 14.1. The summed E-state index contributed by atoms with van der Waals surface area (Å²) >= 11 is 5.19. The summed E-state index contributed by atoms with van der Waals surface area (Å²) in [4.78, 5) is 12.8. The molecule has 0 fully saturated rings. The van der Waals surface area contributed by atoms with Gasteiger partial charge in [-0.2, -0.15) is 0 Å². The number of nitrogens with one attached hydrogen (secondary N) is 1. The first-order valence-electron chi connectivity index (χ1n) is 6.41. The second-order valence-corrected chi connectivity index (χ2v) is 6.76. The minimum atomic E-state index is -0.616. The van der Waals surface area contributed by atoms with Crippen LogP contribution >= 0.6 is 27.7 Å². The van der Waals surface area contributed by atoms with Crippen LogP contribution < -0.4 is 11.1 Å². The van der Waals surface area contributed by atoms with Crippen molar-refractivity contribution in [1.29, 1.82) is 0 Å². The highest BCUT2D eigenvalue weighted by Gasteiger charge is 2.29. The molecule has 1 aromatic rings. The van der Waals surface area contributed by atoms with Crippen molar-refractivity contribution in [3.63, 3.8) is 0 Å². The molecule has 3 N–H and O–H groups in total. The van der Waals surface area contributed by atoms with Crippen molar-refractivity contribution in [1.82, 2.24) is 5.32 Å².